The summed E-state index contributed by atoms with van der Waals surface area (Å²) in [5.74, 6) is -0.160. The molecule has 100 valence electrons. The number of hydrogen-bond acceptors (Lipinski definition) is 1. The van der Waals surface area contributed by atoms with Crippen molar-refractivity contribution in [1.82, 2.24) is 0 Å². The van der Waals surface area contributed by atoms with Gasteiger partial charge in [0.15, 0.2) is 0 Å². The molecule has 1 unspecified atom stereocenters. The first-order valence-corrected chi connectivity index (χ1v) is 7.00. The van der Waals surface area contributed by atoms with Crippen molar-refractivity contribution in [3.63, 3.8) is 0 Å². The number of hydrogen-bond donors (Lipinski definition) is 1. The zero-order valence-corrected chi connectivity index (χ0v) is 11.3. The molecule has 2 heteroatoms. The van der Waals surface area contributed by atoms with Gasteiger partial charge in [-0.25, -0.2) is 0 Å². The van der Waals surface area contributed by atoms with Gasteiger partial charge in [0.25, 0.3) is 0 Å². The quantitative estimate of drug-likeness (QED) is 0.648. The predicted octanol–water partition coefficient (Wildman–Crippen LogP) is 4.61. The Hall–Kier alpha value is -1.31. The lowest BCUT2D eigenvalue weighted by molar-refractivity contribution is -0.137. The lowest BCUT2D eigenvalue weighted by atomic mass is 9.89. The molecule has 0 aliphatic carbocycles. The van der Waals surface area contributed by atoms with E-state index in [1.54, 1.807) is 0 Å². The number of carboxylic acid groups (broad SMARTS) is 1. The molecule has 0 spiro atoms. The second-order valence-corrected chi connectivity index (χ2v) is 4.89. The summed E-state index contributed by atoms with van der Waals surface area (Å²) < 4.78 is 0. The number of carbonyl (C=O) groups is 1. The lowest BCUT2D eigenvalue weighted by Crippen LogP contribution is -2.02. The number of rotatable bonds is 9. The largest absolute Gasteiger partial charge is 0.481 e. The van der Waals surface area contributed by atoms with Gasteiger partial charge in [0, 0.05) is 6.42 Å². The smallest absolute Gasteiger partial charge is 0.303 e. The van der Waals surface area contributed by atoms with Crippen LogP contribution >= 0.6 is 0 Å². The number of aliphatic carboxylic acids is 1. The van der Waals surface area contributed by atoms with Crippen LogP contribution in [0.15, 0.2) is 30.3 Å². The summed E-state index contributed by atoms with van der Waals surface area (Å²) in [5.41, 5.74) is 1.36. The van der Waals surface area contributed by atoms with Crippen LogP contribution in [0.5, 0.6) is 0 Å². The van der Waals surface area contributed by atoms with Gasteiger partial charge in [0.2, 0.25) is 0 Å². The lowest BCUT2D eigenvalue weighted by Gasteiger charge is -2.16. The Morgan fingerprint density at radius 3 is 2.39 bits per heavy atom. The summed E-state index contributed by atoms with van der Waals surface area (Å²) in [6, 6.07) is 10.5. The van der Waals surface area contributed by atoms with Gasteiger partial charge in [0.1, 0.15) is 0 Å². The van der Waals surface area contributed by atoms with E-state index in [2.05, 4.69) is 31.2 Å². The molecule has 0 radical (unpaired) electrons. The van der Waals surface area contributed by atoms with Gasteiger partial charge >= 0.3 is 5.97 Å². The molecule has 0 aromatic heterocycles. The first-order chi connectivity index (χ1) is 8.74. The summed E-state index contributed by atoms with van der Waals surface area (Å²) in [4.78, 5) is 10.6. The molecule has 0 fully saturated rings. The van der Waals surface area contributed by atoms with Gasteiger partial charge in [-0.3, -0.25) is 4.79 Å². The van der Waals surface area contributed by atoms with Crippen molar-refractivity contribution in [2.75, 3.05) is 0 Å². The fraction of sp³-hybridized carbons (Fsp3) is 0.562. The van der Waals surface area contributed by atoms with Gasteiger partial charge in [-0.2, -0.15) is 0 Å². The number of benzene rings is 1. The molecule has 18 heavy (non-hydrogen) atoms. The Kier molecular flexibility index (Phi) is 7.16. The van der Waals surface area contributed by atoms with E-state index < -0.39 is 5.97 Å². The molecular weight excluding hydrogens is 224 g/mol. The van der Waals surface area contributed by atoms with Gasteiger partial charge in [-0.15, -0.1) is 0 Å². The topological polar surface area (TPSA) is 37.3 Å². The summed E-state index contributed by atoms with van der Waals surface area (Å²) in [6.07, 6.45) is 6.97. The SMILES string of the molecule is CCCCCC(CCCC(=O)O)c1ccccc1. The molecular formula is C16H24O2. The van der Waals surface area contributed by atoms with Crippen molar-refractivity contribution in [2.24, 2.45) is 0 Å². The van der Waals surface area contributed by atoms with E-state index >= 15 is 0 Å². The van der Waals surface area contributed by atoms with Crippen LogP contribution in [0.3, 0.4) is 0 Å². The van der Waals surface area contributed by atoms with E-state index in [-0.39, 0.29) is 6.42 Å². The second kappa shape index (κ2) is 8.73. The monoisotopic (exact) mass is 248 g/mol. The molecule has 1 N–H and O–H groups in total. The van der Waals surface area contributed by atoms with E-state index in [1.165, 1.54) is 31.2 Å². The molecule has 0 bridgehead atoms. The third-order valence-corrected chi connectivity index (χ3v) is 3.37. The first-order valence-electron chi connectivity index (χ1n) is 7.00. The predicted molar refractivity (Wildman–Crippen MR) is 74.8 cm³/mol. The van der Waals surface area contributed by atoms with Gasteiger partial charge in [0.05, 0.1) is 0 Å². The highest BCUT2D eigenvalue weighted by Crippen LogP contribution is 2.27. The standard InChI is InChI=1S/C16H24O2/c1-2-3-5-9-15(12-8-13-16(17)18)14-10-6-4-7-11-14/h4,6-7,10-11,15H,2-3,5,8-9,12-13H2,1H3,(H,17,18). The molecule has 0 aliphatic heterocycles. The van der Waals surface area contributed by atoms with Crippen LogP contribution in [-0.4, -0.2) is 11.1 Å². The summed E-state index contributed by atoms with van der Waals surface area (Å²) in [7, 11) is 0. The molecule has 2 nitrogen and oxygen atoms in total. The van der Waals surface area contributed by atoms with Crippen molar-refractivity contribution < 1.29 is 9.90 Å². The van der Waals surface area contributed by atoms with Crippen LogP contribution in [-0.2, 0) is 4.79 Å². The maximum atomic E-state index is 10.6. The molecule has 0 amide bonds. The highest BCUT2D eigenvalue weighted by Gasteiger charge is 2.11. The minimum Gasteiger partial charge on any atom is -0.481 e. The molecule has 0 saturated carbocycles. The Balaban J connectivity index is 2.49. The highest BCUT2D eigenvalue weighted by atomic mass is 16.4. The summed E-state index contributed by atoms with van der Waals surface area (Å²) in [6.45, 7) is 2.21. The van der Waals surface area contributed by atoms with E-state index in [0.29, 0.717) is 5.92 Å². The Labute approximate surface area is 110 Å². The Morgan fingerprint density at radius 1 is 1.11 bits per heavy atom. The van der Waals surface area contributed by atoms with Crippen LogP contribution in [0.2, 0.25) is 0 Å². The van der Waals surface area contributed by atoms with Crippen LogP contribution in [0.4, 0.5) is 0 Å². The molecule has 0 saturated heterocycles. The fourth-order valence-electron chi connectivity index (χ4n) is 2.34. The maximum absolute atomic E-state index is 10.6. The van der Waals surface area contributed by atoms with Crippen LogP contribution in [0.25, 0.3) is 0 Å². The maximum Gasteiger partial charge on any atom is 0.303 e. The number of carboxylic acids is 1. The first kappa shape index (κ1) is 14.7. The number of unbranched alkanes of at least 4 members (excludes halogenated alkanes) is 2. The van der Waals surface area contributed by atoms with Crippen LogP contribution < -0.4 is 0 Å². The average Bonchev–Trinajstić information content (AvgIpc) is 2.38. The van der Waals surface area contributed by atoms with Crippen molar-refractivity contribution in [1.29, 1.82) is 0 Å². The van der Waals surface area contributed by atoms with Crippen LogP contribution in [0.1, 0.15) is 63.4 Å². The fourth-order valence-corrected chi connectivity index (χ4v) is 2.34. The van der Waals surface area contributed by atoms with Crippen LogP contribution in [0, 0.1) is 0 Å². The minimum absolute atomic E-state index is 0.289. The average molecular weight is 248 g/mol. The molecule has 1 rings (SSSR count). The molecule has 1 atom stereocenters. The van der Waals surface area contributed by atoms with E-state index in [0.717, 1.165) is 12.8 Å². The van der Waals surface area contributed by atoms with Crippen molar-refractivity contribution in [3.05, 3.63) is 35.9 Å². The van der Waals surface area contributed by atoms with E-state index in [4.69, 9.17) is 5.11 Å². The molecule has 1 aromatic rings. The third-order valence-electron chi connectivity index (χ3n) is 3.37. The van der Waals surface area contributed by atoms with Gasteiger partial charge in [-0.1, -0.05) is 56.5 Å². The van der Waals surface area contributed by atoms with Gasteiger partial charge < -0.3 is 5.11 Å². The molecule has 1 aromatic carbocycles. The third kappa shape index (κ3) is 5.85. The Morgan fingerprint density at radius 2 is 1.78 bits per heavy atom. The second-order valence-electron chi connectivity index (χ2n) is 4.89. The zero-order valence-electron chi connectivity index (χ0n) is 11.3. The van der Waals surface area contributed by atoms with Crippen molar-refractivity contribution >= 4 is 5.97 Å². The van der Waals surface area contributed by atoms with Crippen molar-refractivity contribution in [3.8, 4) is 0 Å². The van der Waals surface area contributed by atoms with E-state index in [9.17, 15) is 4.79 Å². The normalized spacial score (nSPS) is 12.3. The molecule has 0 aliphatic rings. The highest BCUT2D eigenvalue weighted by molar-refractivity contribution is 5.66. The summed E-state index contributed by atoms with van der Waals surface area (Å²) >= 11 is 0. The Bertz CT molecular complexity index is 332. The summed E-state index contributed by atoms with van der Waals surface area (Å²) in [5, 5.41) is 8.71. The molecule has 0 heterocycles. The minimum atomic E-state index is -0.685. The van der Waals surface area contributed by atoms with Gasteiger partial charge in [-0.05, 0) is 30.7 Å². The van der Waals surface area contributed by atoms with E-state index in [1.807, 2.05) is 6.07 Å². The van der Waals surface area contributed by atoms with Crippen molar-refractivity contribution in [2.45, 2.75) is 57.8 Å². The zero-order chi connectivity index (χ0) is 13.2.